The monoisotopic (exact) mass is 294 g/mol. The Morgan fingerprint density at radius 3 is 2.25 bits per heavy atom. The molecule has 4 nitrogen and oxygen atoms in total. The first-order valence-electron chi connectivity index (χ1n) is 6.86. The lowest BCUT2D eigenvalue weighted by Crippen LogP contribution is -2.69. The zero-order chi connectivity index (χ0) is 14.9. The van der Waals surface area contributed by atoms with Crippen LogP contribution >= 0.6 is 11.6 Å². The summed E-state index contributed by atoms with van der Waals surface area (Å²) in [7, 11) is 0. The molecule has 1 heterocycles. The second-order valence-electron chi connectivity index (χ2n) is 5.11. The van der Waals surface area contributed by atoms with Gasteiger partial charge in [-0.15, -0.1) is 0 Å². The molecule has 1 unspecified atom stereocenters. The highest BCUT2D eigenvalue weighted by atomic mass is 35.5. The van der Waals surface area contributed by atoms with Crippen molar-refractivity contribution in [3.05, 3.63) is 29.3 Å². The Labute approximate surface area is 124 Å². The summed E-state index contributed by atoms with van der Waals surface area (Å²) in [6, 6.07) is 6.47. The number of rotatable bonds is 3. The van der Waals surface area contributed by atoms with Crippen molar-refractivity contribution >= 4 is 29.1 Å². The van der Waals surface area contributed by atoms with Gasteiger partial charge in [-0.2, -0.15) is 0 Å². The van der Waals surface area contributed by atoms with E-state index in [1.54, 1.807) is 36.1 Å². The minimum atomic E-state index is -0.802. The maximum atomic E-state index is 12.8. The van der Waals surface area contributed by atoms with E-state index in [0.29, 0.717) is 23.6 Å². The second kappa shape index (κ2) is 5.44. The van der Waals surface area contributed by atoms with Crippen molar-refractivity contribution in [1.82, 2.24) is 5.32 Å². The van der Waals surface area contributed by atoms with Crippen LogP contribution in [0.2, 0.25) is 5.02 Å². The van der Waals surface area contributed by atoms with Crippen molar-refractivity contribution in [2.75, 3.05) is 4.90 Å². The molecule has 1 N–H and O–H groups in total. The maximum absolute atomic E-state index is 12.8. The van der Waals surface area contributed by atoms with Crippen LogP contribution in [0, 0.1) is 0 Å². The highest BCUT2D eigenvalue weighted by Crippen LogP contribution is 2.30. The van der Waals surface area contributed by atoms with Crippen molar-refractivity contribution < 1.29 is 9.59 Å². The number of hydrogen-bond donors (Lipinski definition) is 1. The summed E-state index contributed by atoms with van der Waals surface area (Å²) >= 11 is 5.88. The number of benzene rings is 1. The van der Waals surface area contributed by atoms with E-state index in [2.05, 4.69) is 5.32 Å². The molecule has 1 aliphatic heterocycles. The number of nitrogens with zero attached hydrogens (tertiary/aromatic N) is 1. The molecule has 1 atom stereocenters. The maximum Gasteiger partial charge on any atom is 0.253 e. The van der Waals surface area contributed by atoms with Crippen molar-refractivity contribution in [3.8, 4) is 0 Å². The first kappa shape index (κ1) is 14.9. The van der Waals surface area contributed by atoms with E-state index in [9.17, 15) is 9.59 Å². The van der Waals surface area contributed by atoms with E-state index in [4.69, 9.17) is 11.6 Å². The van der Waals surface area contributed by atoms with Gasteiger partial charge in [-0.1, -0.05) is 25.4 Å². The molecule has 0 bridgehead atoms. The van der Waals surface area contributed by atoms with Gasteiger partial charge in [0.25, 0.3) is 5.91 Å². The largest absolute Gasteiger partial charge is 0.340 e. The zero-order valence-corrected chi connectivity index (χ0v) is 12.7. The van der Waals surface area contributed by atoms with E-state index in [1.165, 1.54) is 0 Å². The van der Waals surface area contributed by atoms with Crippen LogP contribution in [0.15, 0.2) is 24.3 Å². The Balaban J connectivity index is 2.46. The van der Waals surface area contributed by atoms with Crippen LogP contribution in [0.1, 0.15) is 33.6 Å². The van der Waals surface area contributed by atoms with Crippen molar-refractivity contribution in [2.45, 2.75) is 45.2 Å². The van der Waals surface area contributed by atoms with Crippen molar-refractivity contribution in [3.63, 3.8) is 0 Å². The summed E-state index contributed by atoms with van der Waals surface area (Å²) in [4.78, 5) is 26.6. The minimum absolute atomic E-state index is 0.0584. The summed E-state index contributed by atoms with van der Waals surface area (Å²) in [5, 5.41) is 3.49. The average molecular weight is 295 g/mol. The third-order valence-electron chi connectivity index (χ3n) is 4.07. The third-order valence-corrected chi connectivity index (χ3v) is 4.32. The van der Waals surface area contributed by atoms with Gasteiger partial charge in [0.2, 0.25) is 5.91 Å². The molecule has 0 spiro atoms. The van der Waals surface area contributed by atoms with Gasteiger partial charge in [-0.3, -0.25) is 14.5 Å². The van der Waals surface area contributed by atoms with Crippen LogP contribution < -0.4 is 10.2 Å². The van der Waals surface area contributed by atoms with E-state index >= 15 is 0 Å². The number of nitrogens with one attached hydrogen (secondary N) is 1. The second-order valence-corrected chi connectivity index (χ2v) is 5.54. The Morgan fingerprint density at radius 2 is 1.75 bits per heavy atom. The van der Waals surface area contributed by atoms with E-state index in [0.717, 1.165) is 0 Å². The molecule has 0 aliphatic carbocycles. The van der Waals surface area contributed by atoms with Gasteiger partial charge in [0, 0.05) is 10.7 Å². The van der Waals surface area contributed by atoms with Crippen LogP contribution in [0.5, 0.6) is 0 Å². The number of piperazine rings is 1. The quantitative estimate of drug-likeness (QED) is 0.932. The fourth-order valence-electron chi connectivity index (χ4n) is 2.59. The SMILES string of the molecule is CCC1(CC)NC(=O)C(C)N(c2ccc(Cl)cc2)C1=O. The molecular weight excluding hydrogens is 276 g/mol. The predicted octanol–water partition coefficient (Wildman–Crippen LogP) is 2.75. The molecule has 5 heteroatoms. The van der Waals surface area contributed by atoms with Crippen molar-refractivity contribution in [2.24, 2.45) is 0 Å². The molecule has 1 fully saturated rings. The molecule has 108 valence electrons. The molecule has 2 amide bonds. The number of amides is 2. The fraction of sp³-hybridized carbons (Fsp3) is 0.467. The van der Waals surface area contributed by atoms with Gasteiger partial charge in [-0.05, 0) is 44.0 Å². The predicted molar refractivity (Wildman–Crippen MR) is 79.9 cm³/mol. The molecule has 0 saturated carbocycles. The molecule has 1 saturated heterocycles. The first-order chi connectivity index (χ1) is 9.45. The van der Waals surface area contributed by atoms with Crippen LogP contribution in [-0.2, 0) is 9.59 Å². The standard InChI is InChI=1S/C15H19ClN2O2/c1-4-15(5-2)14(20)18(10(3)13(19)17-15)12-8-6-11(16)7-9-12/h6-10H,4-5H2,1-3H3,(H,17,19). The third kappa shape index (κ3) is 2.29. The molecule has 1 aliphatic rings. The number of carbonyl (C=O) groups is 2. The van der Waals surface area contributed by atoms with E-state index < -0.39 is 11.6 Å². The van der Waals surface area contributed by atoms with E-state index in [-0.39, 0.29) is 11.8 Å². The topological polar surface area (TPSA) is 49.4 Å². The van der Waals surface area contributed by atoms with Crippen LogP contribution in [0.25, 0.3) is 0 Å². The van der Waals surface area contributed by atoms with Gasteiger partial charge >= 0.3 is 0 Å². The lowest BCUT2D eigenvalue weighted by molar-refractivity contribution is -0.138. The zero-order valence-electron chi connectivity index (χ0n) is 11.9. The highest BCUT2D eigenvalue weighted by molar-refractivity contribution is 6.30. The normalized spacial score (nSPS) is 21.8. The lowest BCUT2D eigenvalue weighted by atomic mass is 9.87. The Hall–Kier alpha value is -1.55. The van der Waals surface area contributed by atoms with Crippen molar-refractivity contribution in [1.29, 1.82) is 0 Å². The first-order valence-corrected chi connectivity index (χ1v) is 7.24. The van der Waals surface area contributed by atoms with Gasteiger partial charge in [0.05, 0.1) is 0 Å². The van der Waals surface area contributed by atoms with Gasteiger partial charge in [-0.25, -0.2) is 0 Å². The summed E-state index contributed by atoms with van der Waals surface area (Å²) in [5.74, 6) is -0.180. The Kier molecular flexibility index (Phi) is 4.04. The minimum Gasteiger partial charge on any atom is -0.340 e. The number of carbonyl (C=O) groups excluding carboxylic acids is 2. The Morgan fingerprint density at radius 1 is 1.20 bits per heavy atom. The highest BCUT2D eigenvalue weighted by Gasteiger charge is 2.47. The average Bonchev–Trinajstić information content (AvgIpc) is 2.45. The fourth-order valence-corrected chi connectivity index (χ4v) is 2.72. The Bertz CT molecular complexity index is 523. The van der Waals surface area contributed by atoms with Crippen LogP contribution in [0.3, 0.4) is 0 Å². The van der Waals surface area contributed by atoms with E-state index in [1.807, 2.05) is 13.8 Å². The summed E-state index contributed by atoms with van der Waals surface area (Å²) in [5.41, 5.74) is -0.100. The number of anilines is 1. The van der Waals surface area contributed by atoms with Gasteiger partial charge < -0.3 is 5.32 Å². The number of halogens is 1. The smallest absolute Gasteiger partial charge is 0.253 e. The molecule has 0 radical (unpaired) electrons. The molecule has 1 aromatic carbocycles. The van der Waals surface area contributed by atoms with Gasteiger partial charge in [0.1, 0.15) is 11.6 Å². The number of hydrogen-bond acceptors (Lipinski definition) is 2. The summed E-state index contributed by atoms with van der Waals surface area (Å²) in [6.07, 6.45) is 1.15. The molecule has 2 rings (SSSR count). The van der Waals surface area contributed by atoms with Gasteiger partial charge in [0.15, 0.2) is 0 Å². The molecular formula is C15H19ClN2O2. The molecule has 0 aromatic heterocycles. The molecule has 20 heavy (non-hydrogen) atoms. The lowest BCUT2D eigenvalue weighted by Gasteiger charge is -2.44. The van der Waals surface area contributed by atoms with Crippen LogP contribution in [0.4, 0.5) is 5.69 Å². The van der Waals surface area contributed by atoms with Crippen LogP contribution in [-0.4, -0.2) is 23.4 Å². The summed E-state index contributed by atoms with van der Waals surface area (Å²) in [6.45, 7) is 5.56. The summed E-state index contributed by atoms with van der Waals surface area (Å²) < 4.78 is 0. The molecule has 1 aromatic rings.